The maximum atomic E-state index is 13.4. The van der Waals surface area contributed by atoms with Crippen LogP contribution in [0.1, 0.15) is 10.4 Å². The standard InChI is InChI=1S/C11H8ClFN4O/c12-9-7(13)2-1-6(10(15)18)8(9)11-16-3-5(14)4-17-11/h1-4H,14H2,(H2,15,18). The number of benzene rings is 1. The molecule has 0 spiro atoms. The average molecular weight is 267 g/mol. The van der Waals surface area contributed by atoms with Crippen molar-refractivity contribution < 1.29 is 9.18 Å². The first-order chi connectivity index (χ1) is 8.50. The molecule has 0 bridgehead atoms. The average Bonchev–Trinajstić information content (AvgIpc) is 2.33. The van der Waals surface area contributed by atoms with Crippen LogP contribution >= 0.6 is 11.6 Å². The molecule has 2 rings (SSSR count). The fraction of sp³-hybridized carbons (Fsp3) is 0. The number of aromatic nitrogens is 2. The van der Waals surface area contributed by atoms with Gasteiger partial charge in [0.1, 0.15) is 5.82 Å². The molecule has 1 amide bonds. The molecule has 7 heteroatoms. The van der Waals surface area contributed by atoms with E-state index in [9.17, 15) is 9.18 Å². The van der Waals surface area contributed by atoms with Crippen molar-refractivity contribution in [3.8, 4) is 11.4 Å². The molecule has 0 aliphatic rings. The number of primary amides is 1. The van der Waals surface area contributed by atoms with Crippen molar-refractivity contribution in [1.82, 2.24) is 9.97 Å². The zero-order valence-corrected chi connectivity index (χ0v) is 9.78. The molecule has 92 valence electrons. The van der Waals surface area contributed by atoms with E-state index in [0.717, 1.165) is 6.07 Å². The summed E-state index contributed by atoms with van der Waals surface area (Å²) in [7, 11) is 0. The molecule has 0 fully saturated rings. The number of rotatable bonds is 2. The lowest BCUT2D eigenvalue weighted by atomic mass is 10.1. The molecule has 2 aromatic rings. The Balaban J connectivity index is 2.71. The Morgan fingerprint density at radius 3 is 2.44 bits per heavy atom. The third kappa shape index (κ3) is 2.10. The molecule has 0 atom stereocenters. The van der Waals surface area contributed by atoms with Gasteiger partial charge in [0.05, 0.1) is 34.2 Å². The van der Waals surface area contributed by atoms with Crippen molar-refractivity contribution in [2.45, 2.75) is 0 Å². The quantitative estimate of drug-likeness (QED) is 0.863. The molecular weight excluding hydrogens is 259 g/mol. The summed E-state index contributed by atoms with van der Waals surface area (Å²) in [6, 6.07) is 2.29. The van der Waals surface area contributed by atoms with Crippen molar-refractivity contribution in [2.75, 3.05) is 5.73 Å². The predicted octanol–water partition coefficient (Wildman–Crippen LogP) is 1.62. The van der Waals surface area contributed by atoms with Crippen molar-refractivity contribution in [2.24, 2.45) is 5.73 Å². The molecule has 18 heavy (non-hydrogen) atoms. The van der Waals surface area contributed by atoms with Gasteiger partial charge in [-0.3, -0.25) is 4.79 Å². The summed E-state index contributed by atoms with van der Waals surface area (Å²) in [6.45, 7) is 0. The molecule has 1 aromatic carbocycles. The summed E-state index contributed by atoms with van der Waals surface area (Å²) in [4.78, 5) is 19.1. The van der Waals surface area contributed by atoms with E-state index in [2.05, 4.69) is 9.97 Å². The molecule has 0 radical (unpaired) electrons. The molecule has 0 aliphatic carbocycles. The summed E-state index contributed by atoms with van der Waals surface area (Å²) in [5.74, 6) is -1.34. The van der Waals surface area contributed by atoms with Gasteiger partial charge >= 0.3 is 0 Å². The molecule has 1 aromatic heterocycles. The highest BCUT2D eigenvalue weighted by Crippen LogP contribution is 2.31. The number of hydrogen-bond donors (Lipinski definition) is 2. The molecular formula is C11H8ClFN4O. The normalized spacial score (nSPS) is 10.3. The second kappa shape index (κ2) is 4.58. The maximum absolute atomic E-state index is 13.4. The van der Waals surface area contributed by atoms with E-state index in [0.29, 0.717) is 5.69 Å². The number of nitrogens with zero attached hydrogens (tertiary/aromatic N) is 2. The second-order valence-corrected chi connectivity index (χ2v) is 3.87. The van der Waals surface area contributed by atoms with Crippen LogP contribution in [0.25, 0.3) is 11.4 Å². The predicted molar refractivity (Wildman–Crippen MR) is 65.4 cm³/mol. The largest absolute Gasteiger partial charge is 0.396 e. The van der Waals surface area contributed by atoms with Crippen LogP contribution in [0.15, 0.2) is 24.5 Å². The number of nitrogen functional groups attached to an aromatic ring is 1. The smallest absolute Gasteiger partial charge is 0.249 e. The SMILES string of the molecule is NC(=O)c1ccc(F)c(Cl)c1-c1ncc(N)cn1. The zero-order chi connectivity index (χ0) is 13.3. The Hall–Kier alpha value is -2.21. The topological polar surface area (TPSA) is 94.9 Å². The van der Waals surface area contributed by atoms with Gasteiger partial charge in [-0.15, -0.1) is 0 Å². The third-order valence-corrected chi connectivity index (χ3v) is 2.63. The Morgan fingerprint density at radius 2 is 1.89 bits per heavy atom. The van der Waals surface area contributed by atoms with Gasteiger partial charge in [0.2, 0.25) is 5.91 Å². The van der Waals surface area contributed by atoms with E-state index in [-0.39, 0.29) is 22.0 Å². The van der Waals surface area contributed by atoms with Gasteiger partial charge < -0.3 is 11.5 Å². The lowest BCUT2D eigenvalue weighted by Crippen LogP contribution is -2.13. The molecule has 1 heterocycles. The molecule has 0 unspecified atom stereocenters. The van der Waals surface area contributed by atoms with Crippen LogP contribution in [0, 0.1) is 5.82 Å². The lowest BCUT2D eigenvalue weighted by molar-refractivity contribution is 0.100. The fourth-order valence-electron chi connectivity index (χ4n) is 1.44. The summed E-state index contributed by atoms with van der Waals surface area (Å²) >= 11 is 5.82. The lowest BCUT2D eigenvalue weighted by Gasteiger charge is -2.08. The van der Waals surface area contributed by atoms with Gasteiger partial charge in [0.15, 0.2) is 5.82 Å². The van der Waals surface area contributed by atoms with E-state index >= 15 is 0 Å². The van der Waals surface area contributed by atoms with E-state index < -0.39 is 11.7 Å². The zero-order valence-electron chi connectivity index (χ0n) is 9.02. The summed E-state index contributed by atoms with van der Waals surface area (Å²) in [5, 5.41) is -0.254. The number of anilines is 1. The highest BCUT2D eigenvalue weighted by molar-refractivity contribution is 6.34. The molecule has 0 aliphatic heterocycles. The first-order valence-corrected chi connectivity index (χ1v) is 5.24. The van der Waals surface area contributed by atoms with E-state index in [4.69, 9.17) is 23.1 Å². The number of amides is 1. The Morgan fingerprint density at radius 1 is 1.28 bits per heavy atom. The summed E-state index contributed by atoms with van der Waals surface area (Å²) in [5.41, 5.74) is 11.1. The van der Waals surface area contributed by atoms with Gasteiger partial charge in [0.25, 0.3) is 0 Å². The number of carbonyl (C=O) groups excluding carboxylic acids is 1. The van der Waals surface area contributed by atoms with Crippen LogP contribution in [0.3, 0.4) is 0 Å². The highest BCUT2D eigenvalue weighted by atomic mass is 35.5. The molecule has 0 saturated heterocycles. The molecule has 0 saturated carbocycles. The minimum absolute atomic E-state index is 0.0474. The number of carbonyl (C=O) groups is 1. The van der Waals surface area contributed by atoms with Crippen molar-refractivity contribution >= 4 is 23.2 Å². The summed E-state index contributed by atoms with van der Waals surface area (Å²) < 4.78 is 13.4. The van der Waals surface area contributed by atoms with E-state index in [1.54, 1.807) is 0 Å². The third-order valence-electron chi connectivity index (χ3n) is 2.26. The van der Waals surface area contributed by atoms with Crippen LogP contribution in [-0.4, -0.2) is 15.9 Å². The first-order valence-electron chi connectivity index (χ1n) is 4.86. The van der Waals surface area contributed by atoms with Gasteiger partial charge in [-0.05, 0) is 12.1 Å². The van der Waals surface area contributed by atoms with Crippen molar-refractivity contribution in [3.05, 3.63) is 40.9 Å². The number of hydrogen-bond acceptors (Lipinski definition) is 4. The fourth-order valence-corrected chi connectivity index (χ4v) is 1.69. The van der Waals surface area contributed by atoms with Crippen LogP contribution < -0.4 is 11.5 Å². The van der Waals surface area contributed by atoms with E-state index in [1.807, 2.05) is 0 Å². The van der Waals surface area contributed by atoms with Crippen molar-refractivity contribution in [3.63, 3.8) is 0 Å². The van der Waals surface area contributed by atoms with Gasteiger partial charge in [0, 0.05) is 0 Å². The minimum Gasteiger partial charge on any atom is -0.396 e. The van der Waals surface area contributed by atoms with Gasteiger partial charge in [-0.2, -0.15) is 0 Å². The Labute approximate surface area is 107 Å². The number of nitrogens with two attached hydrogens (primary N) is 2. The van der Waals surface area contributed by atoms with Crippen LogP contribution in [-0.2, 0) is 0 Å². The number of halogens is 2. The second-order valence-electron chi connectivity index (χ2n) is 3.49. The highest BCUT2D eigenvalue weighted by Gasteiger charge is 2.19. The maximum Gasteiger partial charge on any atom is 0.249 e. The van der Waals surface area contributed by atoms with Crippen LogP contribution in [0.5, 0.6) is 0 Å². The Kier molecular flexibility index (Phi) is 3.12. The van der Waals surface area contributed by atoms with Crippen molar-refractivity contribution in [1.29, 1.82) is 0 Å². The van der Waals surface area contributed by atoms with E-state index in [1.165, 1.54) is 18.5 Å². The minimum atomic E-state index is -0.743. The first kappa shape index (κ1) is 12.3. The molecule has 4 N–H and O–H groups in total. The van der Waals surface area contributed by atoms with Crippen LogP contribution in [0.4, 0.5) is 10.1 Å². The monoisotopic (exact) mass is 266 g/mol. The Bertz CT molecular complexity index is 615. The molecule has 5 nitrogen and oxygen atoms in total. The van der Waals surface area contributed by atoms with Gasteiger partial charge in [-0.25, -0.2) is 14.4 Å². The summed E-state index contributed by atoms with van der Waals surface area (Å²) in [6.07, 6.45) is 2.66. The van der Waals surface area contributed by atoms with Gasteiger partial charge in [-0.1, -0.05) is 11.6 Å². The van der Waals surface area contributed by atoms with Crippen LogP contribution in [0.2, 0.25) is 5.02 Å².